The fraction of sp³-hybridized carbons (Fsp3) is 0.722. The first-order valence-electron chi connectivity index (χ1n) is 9.22. The van der Waals surface area contributed by atoms with Crippen LogP contribution in [0.1, 0.15) is 19.8 Å². The zero-order valence-electron chi connectivity index (χ0n) is 15.1. The van der Waals surface area contributed by atoms with Crippen LogP contribution in [-0.4, -0.2) is 75.2 Å². The van der Waals surface area contributed by atoms with E-state index in [1.54, 1.807) is 0 Å². The summed E-state index contributed by atoms with van der Waals surface area (Å²) in [5, 5.41) is 7.11. The monoisotopic (exact) mass is 349 g/mol. The van der Waals surface area contributed by atoms with Crippen molar-refractivity contribution in [1.82, 2.24) is 15.1 Å². The van der Waals surface area contributed by atoms with Crippen LogP contribution in [-0.2, 0) is 0 Å². The van der Waals surface area contributed by atoms with E-state index in [-0.39, 0.29) is 0 Å². The van der Waals surface area contributed by atoms with E-state index >= 15 is 0 Å². The van der Waals surface area contributed by atoms with Gasteiger partial charge in [-0.15, -0.1) is 11.3 Å². The minimum atomic E-state index is 0.850. The van der Waals surface area contributed by atoms with Crippen LogP contribution in [0.5, 0.6) is 0 Å². The summed E-state index contributed by atoms with van der Waals surface area (Å²) in [4.78, 5) is 11.9. The molecule has 3 heterocycles. The average molecular weight is 350 g/mol. The molecule has 0 radical (unpaired) electrons. The van der Waals surface area contributed by atoms with E-state index in [1.807, 2.05) is 18.4 Å². The molecular weight excluding hydrogens is 318 g/mol. The van der Waals surface area contributed by atoms with Crippen LogP contribution < -0.4 is 10.2 Å². The largest absolute Gasteiger partial charge is 0.360 e. The van der Waals surface area contributed by atoms with Crippen molar-refractivity contribution >= 4 is 22.3 Å². The van der Waals surface area contributed by atoms with Gasteiger partial charge in [0.2, 0.25) is 0 Å². The van der Waals surface area contributed by atoms with E-state index in [2.05, 4.69) is 49.4 Å². The minimum absolute atomic E-state index is 0.850. The van der Waals surface area contributed by atoms with Gasteiger partial charge >= 0.3 is 0 Å². The van der Waals surface area contributed by atoms with Crippen molar-refractivity contribution in [3.8, 4) is 0 Å². The highest BCUT2D eigenvalue weighted by molar-refractivity contribution is 7.14. The molecule has 0 aliphatic carbocycles. The minimum Gasteiger partial charge on any atom is -0.360 e. The Morgan fingerprint density at radius 2 is 2.12 bits per heavy atom. The lowest BCUT2D eigenvalue weighted by Crippen LogP contribution is -2.53. The van der Waals surface area contributed by atoms with Gasteiger partial charge in [0.1, 0.15) is 0 Å². The molecule has 0 bridgehead atoms. The highest BCUT2D eigenvalue weighted by Crippen LogP contribution is 2.22. The van der Waals surface area contributed by atoms with Crippen LogP contribution in [0.15, 0.2) is 22.5 Å². The number of anilines is 1. The highest BCUT2D eigenvalue weighted by Gasteiger charge is 2.20. The Labute approximate surface area is 150 Å². The Bertz CT molecular complexity index is 507. The van der Waals surface area contributed by atoms with Gasteiger partial charge in [0, 0.05) is 52.9 Å². The summed E-state index contributed by atoms with van der Waals surface area (Å²) in [5.41, 5.74) is 0. The summed E-state index contributed by atoms with van der Waals surface area (Å²) >= 11 is 1.83. The Balaban J connectivity index is 1.40. The summed E-state index contributed by atoms with van der Waals surface area (Å²) in [6.07, 6.45) is 2.74. The topological polar surface area (TPSA) is 34.1 Å². The summed E-state index contributed by atoms with van der Waals surface area (Å²) in [5.74, 6) is 1.91. The molecule has 134 valence electrons. The molecule has 0 spiro atoms. The summed E-state index contributed by atoms with van der Waals surface area (Å²) in [6.45, 7) is 11.2. The number of nitrogens with zero attached hydrogens (tertiary/aromatic N) is 4. The molecule has 0 amide bonds. The Kier molecular flexibility index (Phi) is 6.37. The van der Waals surface area contributed by atoms with Gasteiger partial charge in [0.15, 0.2) is 5.96 Å². The molecule has 0 aromatic carbocycles. The number of aliphatic imine (C=N–C) groups is 1. The second kappa shape index (κ2) is 8.72. The number of thiophene rings is 1. The normalized spacial score (nSPS) is 23.6. The molecule has 24 heavy (non-hydrogen) atoms. The first-order valence-corrected chi connectivity index (χ1v) is 10.1. The fourth-order valence-electron chi connectivity index (χ4n) is 3.74. The number of hydrogen-bond acceptors (Lipinski definition) is 4. The lowest BCUT2D eigenvalue weighted by molar-refractivity contribution is 0.186. The number of guanidine groups is 1. The Morgan fingerprint density at radius 1 is 1.29 bits per heavy atom. The molecule has 1 N–H and O–H groups in total. The van der Waals surface area contributed by atoms with Crippen LogP contribution in [0, 0.1) is 5.92 Å². The number of likely N-dealkylation sites (tertiary alicyclic amines) is 1. The predicted octanol–water partition coefficient (Wildman–Crippen LogP) is 2.18. The van der Waals surface area contributed by atoms with Crippen molar-refractivity contribution in [2.75, 3.05) is 64.3 Å². The standard InChI is InChI=1S/C18H31N5S/c1-16-5-3-8-21(15-16)9-7-20-18(19-2)23-12-10-22(11-13-23)17-6-4-14-24-17/h4,6,14,16H,3,5,7-13,15H2,1-2H3,(H,19,20). The van der Waals surface area contributed by atoms with Crippen molar-refractivity contribution in [2.45, 2.75) is 19.8 Å². The van der Waals surface area contributed by atoms with E-state index < -0.39 is 0 Å². The molecule has 2 saturated heterocycles. The second-order valence-corrected chi connectivity index (χ2v) is 7.87. The van der Waals surface area contributed by atoms with Crippen molar-refractivity contribution < 1.29 is 0 Å². The first-order chi connectivity index (χ1) is 11.8. The van der Waals surface area contributed by atoms with Gasteiger partial charge in [-0.3, -0.25) is 4.99 Å². The molecule has 1 unspecified atom stereocenters. The van der Waals surface area contributed by atoms with Gasteiger partial charge < -0.3 is 20.0 Å². The van der Waals surface area contributed by atoms with Crippen LogP contribution in [0.25, 0.3) is 0 Å². The Hall–Kier alpha value is -1.27. The van der Waals surface area contributed by atoms with E-state index in [0.717, 1.165) is 51.1 Å². The fourth-order valence-corrected chi connectivity index (χ4v) is 4.52. The molecule has 2 aliphatic heterocycles. The summed E-state index contributed by atoms with van der Waals surface area (Å²) < 4.78 is 0. The van der Waals surface area contributed by atoms with E-state index in [4.69, 9.17) is 0 Å². The molecule has 3 rings (SSSR count). The third-order valence-corrected chi connectivity index (χ3v) is 5.99. The lowest BCUT2D eigenvalue weighted by atomic mass is 10.0. The lowest BCUT2D eigenvalue weighted by Gasteiger charge is -2.37. The SMILES string of the molecule is CN=C(NCCN1CCCC(C)C1)N1CCN(c2cccs2)CC1. The molecule has 0 saturated carbocycles. The van der Waals surface area contributed by atoms with Crippen LogP contribution >= 0.6 is 11.3 Å². The maximum Gasteiger partial charge on any atom is 0.193 e. The van der Waals surface area contributed by atoms with Gasteiger partial charge in [-0.2, -0.15) is 0 Å². The predicted molar refractivity (Wildman–Crippen MR) is 104 cm³/mol. The molecule has 6 heteroatoms. The molecule has 5 nitrogen and oxygen atoms in total. The van der Waals surface area contributed by atoms with Gasteiger partial charge in [-0.1, -0.05) is 6.92 Å². The van der Waals surface area contributed by atoms with E-state index in [0.29, 0.717) is 0 Å². The number of piperidine rings is 1. The molecule has 2 fully saturated rings. The maximum absolute atomic E-state index is 4.49. The quantitative estimate of drug-likeness (QED) is 0.667. The third kappa shape index (κ3) is 4.63. The van der Waals surface area contributed by atoms with Crippen molar-refractivity contribution in [1.29, 1.82) is 0 Å². The molecule has 1 aromatic rings. The van der Waals surface area contributed by atoms with Crippen molar-refractivity contribution in [3.05, 3.63) is 17.5 Å². The average Bonchev–Trinajstić information content (AvgIpc) is 3.14. The zero-order valence-corrected chi connectivity index (χ0v) is 15.9. The first kappa shape index (κ1) is 17.5. The molecule has 1 atom stereocenters. The van der Waals surface area contributed by atoms with E-state index in [9.17, 15) is 0 Å². The van der Waals surface area contributed by atoms with Crippen LogP contribution in [0.2, 0.25) is 0 Å². The van der Waals surface area contributed by atoms with Crippen LogP contribution in [0.3, 0.4) is 0 Å². The van der Waals surface area contributed by atoms with Crippen molar-refractivity contribution in [3.63, 3.8) is 0 Å². The number of rotatable bonds is 4. The number of piperazine rings is 1. The molecule has 2 aliphatic rings. The second-order valence-electron chi connectivity index (χ2n) is 6.95. The number of hydrogen-bond donors (Lipinski definition) is 1. The smallest absolute Gasteiger partial charge is 0.193 e. The highest BCUT2D eigenvalue weighted by atomic mass is 32.1. The summed E-state index contributed by atoms with van der Waals surface area (Å²) in [6, 6.07) is 4.35. The van der Waals surface area contributed by atoms with Gasteiger partial charge in [-0.25, -0.2) is 0 Å². The van der Waals surface area contributed by atoms with E-state index in [1.165, 1.54) is 30.9 Å². The third-order valence-electron chi connectivity index (χ3n) is 5.06. The Morgan fingerprint density at radius 3 is 2.79 bits per heavy atom. The maximum atomic E-state index is 4.49. The molecular formula is C18H31N5S. The summed E-state index contributed by atoms with van der Waals surface area (Å²) in [7, 11) is 1.90. The van der Waals surface area contributed by atoms with Gasteiger partial charge in [0.25, 0.3) is 0 Å². The molecule has 1 aromatic heterocycles. The zero-order chi connectivity index (χ0) is 16.8. The van der Waals surface area contributed by atoms with Gasteiger partial charge in [-0.05, 0) is 42.8 Å². The number of nitrogens with one attached hydrogen (secondary N) is 1. The van der Waals surface area contributed by atoms with Crippen LogP contribution in [0.4, 0.5) is 5.00 Å². The van der Waals surface area contributed by atoms with Crippen molar-refractivity contribution in [2.24, 2.45) is 10.9 Å². The van der Waals surface area contributed by atoms with Gasteiger partial charge in [0.05, 0.1) is 5.00 Å².